The lowest BCUT2D eigenvalue weighted by molar-refractivity contribution is -0.136. The Morgan fingerprint density at radius 1 is 1.44 bits per heavy atom. The molecular formula is C12H24N2O2. The maximum atomic E-state index is 12.2. The molecule has 16 heavy (non-hydrogen) atoms. The van der Waals surface area contributed by atoms with Crippen LogP contribution in [0.15, 0.2) is 0 Å². The number of likely N-dealkylation sites (N-methyl/N-ethyl adjacent to an activating group) is 1. The van der Waals surface area contributed by atoms with Crippen molar-refractivity contribution in [1.82, 2.24) is 9.80 Å². The van der Waals surface area contributed by atoms with Crippen LogP contribution in [0.4, 0.5) is 0 Å². The van der Waals surface area contributed by atoms with Gasteiger partial charge in [-0.25, -0.2) is 0 Å². The number of carbonyl (C=O) groups excluding carboxylic acids is 1. The van der Waals surface area contributed by atoms with E-state index in [1.54, 1.807) is 0 Å². The van der Waals surface area contributed by atoms with Crippen molar-refractivity contribution in [3.8, 4) is 0 Å². The summed E-state index contributed by atoms with van der Waals surface area (Å²) in [4.78, 5) is 16.1. The summed E-state index contributed by atoms with van der Waals surface area (Å²) in [5.74, 6) is 1.01. The quantitative estimate of drug-likeness (QED) is 0.761. The summed E-state index contributed by atoms with van der Waals surface area (Å²) < 4.78 is 0. The number of hydrogen-bond donors (Lipinski definition) is 1. The van der Waals surface area contributed by atoms with Crippen molar-refractivity contribution >= 4 is 5.91 Å². The SMILES string of the molecule is CC(C)CN1CC(C)CN(C)C(CO)C1=O. The van der Waals surface area contributed by atoms with Crippen LogP contribution in [0.5, 0.6) is 0 Å². The normalized spacial score (nSPS) is 28.6. The van der Waals surface area contributed by atoms with Gasteiger partial charge in [-0.1, -0.05) is 20.8 Å². The van der Waals surface area contributed by atoms with Crippen molar-refractivity contribution in [1.29, 1.82) is 0 Å². The topological polar surface area (TPSA) is 43.8 Å². The molecule has 1 heterocycles. The van der Waals surface area contributed by atoms with E-state index in [2.05, 4.69) is 20.8 Å². The number of rotatable bonds is 3. The number of hydrogen-bond acceptors (Lipinski definition) is 3. The highest BCUT2D eigenvalue weighted by Crippen LogP contribution is 2.15. The van der Waals surface area contributed by atoms with E-state index in [1.165, 1.54) is 0 Å². The van der Waals surface area contributed by atoms with E-state index >= 15 is 0 Å². The van der Waals surface area contributed by atoms with E-state index in [9.17, 15) is 9.90 Å². The molecule has 0 saturated carbocycles. The van der Waals surface area contributed by atoms with Crippen molar-refractivity contribution in [3.05, 3.63) is 0 Å². The summed E-state index contributed by atoms with van der Waals surface area (Å²) in [6.45, 7) is 8.74. The molecule has 0 bridgehead atoms. The Morgan fingerprint density at radius 3 is 2.56 bits per heavy atom. The zero-order valence-corrected chi connectivity index (χ0v) is 10.8. The highest BCUT2D eigenvalue weighted by atomic mass is 16.3. The minimum atomic E-state index is -0.358. The number of aliphatic hydroxyl groups is 1. The van der Waals surface area contributed by atoms with Crippen molar-refractivity contribution < 1.29 is 9.90 Å². The second kappa shape index (κ2) is 5.64. The molecule has 1 fully saturated rings. The highest BCUT2D eigenvalue weighted by molar-refractivity contribution is 5.82. The second-order valence-corrected chi connectivity index (χ2v) is 5.38. The average molecular weight is 228 g/mol. The molecule has 1 N–H and O–H groups in total. The van der Waals surface area contributed by atoms with Crippen LogP contribution in [-0.2, 0) is 4.79 Å². The van der Waals surface area contributed by atoms with Gasteiger partial charge in [0.2, 0.25) is 5.91 Å². The van der Waals surface area contributed by atoms with Gasteiger partial charge >= 0.3 is 0 Å². The summed E-state index contributed by atoms with van der Waals surface area (Å²) in [7, 11) is 1.91. The van der Waals surface area contributed by atoms with E-state index in [0.29, 0.717) is 11.8 Å². The van der Waals surface area contributed by atoms with Crippen LogP contribution < -0.4 is 0 Å². The summed E-state index contributed by atoms with van der Waals surface area (Å²) in [5.41, 5.74) is 0. The third-order valence-corrected chi connectivity index (χ3v) is 3.02. The number of nitrogens with zero attached hydrogens (tertiary/aromatic N) is 2. The third-order valence-electron chi connectivity index (χ3n) is 3.02. The van der Waals surface area contributed by atoms with Crippen LogP contribution >= 0.6 is 0 Å². The number of carbonyl (C=O) groups is 1. The monoisotopic (exact) mass is 228 g/mol. The Kier molecular flexibility index (Phi) is 4.74. The zero-order chi connectivity index (χ0) is 12.3. The number of aliphatic hydroxyl groups excluding tert-OH is 1. The van der Waals surface area contributed by atoms with Crippen molar-refractivity contribution in [2.45, 2.75) is 26.8 Å². The van der Waals surface area contributed by atoms with Crippen molar-refractivity contribution in [2.75, 3.05) is 33.3 Å². The van der Waals surface area contributed by atoms with Gasteiger partial charge in [0, 0.05) is 19.6 Å². The van der Waals surface area contributed by atoms with Crippen LogP contribution in [0.25, 0.3) is 0 Å². The summed E-state index contributed by atoms with van der Waals surface area (Å²) in [5, 5.41) is 9.31. The van der Waals surface area contributed by atoms with Crippen molar-refractivity contribution in [3.63, 3.8) is 0 Å². The fourth-order valence-corrected chi connectivity index (χ4v) is 2.36. The zero-order valence-electron chi connectivity index (χ0n) is 10.8. The van der Waals surface area contributed by atoms with Gasteiger partial charge in [0.15, 0.2) is 0 Å². The predicted molar refractivity (Wildman–Crippen MR) is 64.1 cm³/mol. The maximum absolute atomic E-state index is 12.2. The Labute approximate surface area is 98.2 Å². The first-order valence-corrected chi connectivity index (χ1v) is 6.05. The molecule has 4 nitrogen and oxygen atoms in total. The molecule has 2 unspecified atom stereocenters. The minimum absolute atomic E-state index is 0.0723. The van der Waals surface area contributed by atoms with Gasteiger partial charge < -0.3 is 10.0 Å². The van der Waals surface area contributed by atoms with Crippen LogP contribution in [-0.4, -0.2) is 60.1 Å². The molecule has 1 aliphatic rings. The highest BCUT2D eigenvalue weighted by Gasteiger charge is 2.32. The van der Waals surface area contributed by atoms with Crippen molar-refractivity contribution in [2.24, 2.45) is 11.8 Å². The predicted octanol–water partition coefficient (Wildman–Crippen LogP) is 0.413. The van der Waals surface area contributed by atoms with Crippen LogP contribution in [0.1, 0.15) is 20.8 Å². The molecule has 4 heteroatoms. The van der Waals surface area contributed by atoms with E-state index in [-0.39, 0.29) is 18.6 Å². The van der Waals surface area contributed by atoms with Gasteiger partial charge in [0.1, 0.15) is 6.04 Å². The molecule has 1 amide bonds. The molecule has 1 aliphatic heterocycles. The Morgan fingerprint density at radius 2 is 2.06 bits per heavy atom. The molecular weight excluding hydrogens is 204 g/mol. The maximum Gasteiger partial charge on any atom is 0.242 e. The fraction of sp³-hybridized carbons (Fsp3) is 0.917. The Bertz CT molecular complexity index is 243. The molecule has 0 aromatic heterocycles. The van der Waals surface area contributed by atoms with Gasteiger partial charge in [-0.15, -0.1) is 0 Å². The van der Waals surface area contributed by atoms with E-state index in [4.69, 9.17) is 0 Å². The lowest BCUT2D eigenvalue weighted by atomic mass is 10.1. The lowest BCUT2D eigenvalue weighted by Crippen LogP contribution is -2.47. The van der Waals surface area contributed by atoms with Gasteiger partial charge in [0.25, 0.3) is 0 Å². The van der Waals surface area contributed by atoms with E-state index in [1.807, 2.05) is 16.8 Å². The second-order valence-electron chi connectivity index (χ2n) is 5.38. The fourth-order valence-electron chi connectivity index (χ4n) is 2.36. The molecule has 0 aliphatic carbocycles. The molecule has 0 radical (unpaired) electrons. The Hall–Kier alpha value is -0.610. The van der Waals surface area contributed by atoms with Gasteiger partial charge in [-0.2, -0.15) is 0 Å². The third kappa shape index (κ3) is 3.19. The van der Waals surface area contributed by atoms with Gasteiger partial charge in [0.05, 0.1) is 6.61 Å². The molecule has 0 aromatic rings. The first-order valence-electron chi connectivity index (χ1n) is 6.05. The summed E-state index contributed by atoms with van der Waals surface area (Å²) in [6, 6.07) is -0.358. The summed E-state index contributed by atoms with van der Waals surface area (Å²) >= 11 is 0. The van der Waals surface area contributed by atoms with Crippen LogP contribution in [0.3, 0.4) is 0 Å². The standard InChI is InChI=1S/C12H24N2O2/c1-9(2)5-14-7-10(3)6-13(4)11(8-15)12(14)16/h9-11,15H,5-8H2,1-4H3. The molecule has 1 saturated heterocycles. The largest absolute Gasteiger partial charge is 0.394 e. The average Bonchev–Trinajstić information content (AvgIpc) is 2.24. The van der Waals surface area contributed by atoms with E-state index in [0.717, 1.165) is 19.6 Å². The van der Waals surface area contributed by atoms with Crippen LogP contribution in [0, 0.1) is 11.8 Å². The molecule has 1 rings (SSSR count). The van der Waals surface area contributed by atoms with Crippen LogP contribution in [0.2, 0.25) is 0 Å². The van der Waals surface area contributed by atoms with E-state index < -0.39 is 0 Å². The van der Waals surface area contributed by atoms with Gasteiger partial charge in [-0.05, 0) is 18.9 Å². The van der Waals surface area contributed by atoms with Gasteiger partial charge in [-0.3, -0.25) is 9.69 Å². The number of amides is 1. The first kappa shape index (κ1) is 13.5. The molecule has 2 atom stereocenters. The molecule has 0 spiro atoms. The Balaban J connectivity index is 2.79. The molecule has 94 valence electrons. The summed E-state index contributed by atoms with van der Waals surface area (Å²) in [6.07, 6.45) is 0. The lowest BCUT2D eigenvalue weighted by Gasteiger charge is -2.27. The minimum Gasteiger partial charge on any atom is -0.394 e. The molecule has 0 aromatic carbocycles. The smallest absolute Gasteiger partial charge is 0.242 e. The first-order chi connectivity index (χ1) is 7.45.